The van der Waals surface area contributed by atoms with E-state index in [0.717, 1.165) is 16.7 Å². The van der Waals surface area contributed by atoms with Gasteiger partial charge in [0.2, 0.25) is 17.7 Å². The number of primary amides is 1. The van der Waals surface area contributed by atoms with Crippen LogP contribution in [0, 0.1) is 13.8 Å². The first kappa shape index (κ1) is 39.8. The van der Waals surface area contributed by atoms with Crippen LogP contribution in [-0.4, -0.2) is 63.5 Å². The third kappa shape index (κ3) is 12.3. The molecule has 0 spiro atoms. The van der Waals surface area contributed by atoms with E-state index in [9.17, 15) is 24.0 Å². The number of amides is 4. The van der Waals surface area contributed by atoms with Crippen LogP contribution < -0.4 is 16.4 Å². The maximum atomic E-state index is 14.7. The molecule has 2 aromatic rings. The van der Waals surface area contributed by atoms with Gasteiger partial charge in [-0.2, -0.15) is 0 Å². The van der Waals surface area contributed by atoms with Gasteiger partial charge in [0, 0.05) is 12.0 Å². The summed E-state index contributed by atoms with van der Waals surface area (Å²) in [5.41, 5.74) is 5.81. The number of rotatable bonds is 13. The van der Waals surface area contributed by atoms with Crippen molar-refractivity contribution in [1.29, 1.82) is 0 Å². The fraction of sp³-hybridized carbons (Fsp3) is 0.541. The molecule has 2 aromatic carbocycles. The van der Waals surface area contributed by atoms with Crippen LogP contribution in [0.3, 0.4) is 0 Å². The third-order valence-electron chi connectivity index (χ3n) is 7.51. The summed E-state index contributed by atoms with van der Waals surface area (Å²) in [6.45, 7) is 19.4. The minimum atomic E-state index is -1.45. The van der Waals surface area contributed by atoms with Gasteiger partial charge < -0.3 is 30.7 Å². The lowest BCUT2D eigenvalue weighted by molar-refractivity contribution is -0.159. The van der Waals surface area contributed by atoms with Crippen LogP contribution in [0.2, 0.25) is 0 Å². The van der Waals surface area contributed by atoms with Crippen LogP contribution in [0.1, 0.15) is 103 Å². The quantitative estimate of drug-likeness (QED) is 0.248. The predicted octanol–water partition coefficient (Wildman–Crippen LogP) is 5.20. The zero-order valence-electron chi connectivity index (χ0n) is 30.4. The monoisotopic (exact) mass is 666 g/mol. The first-order chi connectivity index (χ1) is 22.0. The first-order valence-corrected chi connectivity index (χ1v) is 16.3. The maximum absolute atomic E-state index is 14.7. The van der Waals surface area contributed by atoms with E-state index in [4.69, 9.17) is 15.2 Å². The van der Waals surface area contributed by atoms with Crippen molar-refractivity contribution < 1.29 is 33.4 Å². The van der Waals surface area contributed by atoms with E-state index in [1.807, 2.05) is 57.2 Å². The molecule has 264 valence electrons. The van der Waals surface area contributed by atoms with Crippen LogP contribution >= 0.6 is 0 Å². The molecule has 0 bridgehead atoms. The van der Waals surface area contributed by atoms with E-state index in [0.29, 0.717) is 12.0 Å². The molecule has 0 saturated carbocycles. The molecule has 11 heteroatoms. The summed E-state index contributed by atoms with van der Waals surface area (Å²) in [6, 6.07) is 10.9. The average Bonchev–Trinajstić information content (AvgIpc) is 2.92. The second-order valence-corrected chi connectivity index (χ2v) is 14.9. The number of nitrogens with one attached hydrogen (secondary N) is 2. The molecule has 0 heterocycles. The fourth-order valence-electron chi connectivity index (χ4n) is 5.22. The molecular formula is C37H54N4O7. The van der Waals surface area contributed by atoms with Gasteiger partial charge in [0.1, 0.15) is 29.3 Å². The molecule has 0 aliphatic carbocycles. The molecule has 11 nitrogen and oxygen atoms in total. The Morgan fingerprint density at radius 3 is 1.81 bits per heavy atom. The van der Waals surface area contributed by atoms with Gasteiger partial charge in [0.25, 0.3) is 0 Å². The summed E-state index contributed by atoms with van der Waals surface area (Å²) >= 11 is 0. The van der Waals surface area contributed by atoms with Gasteiger partial charge in [-0.1, -0.05) is 66.6 Å². The molecule has 4 amide bonds. The van der Waals surface area contributed by atoms with Crippen LogP contribution in [-0.2, 0) is 35.1 Å². The molecule has 0 saturated heterocycles. The Balaban J connectivity index is 2.76. The van der Waals surface area contributed by atoms with Gasteiger partial charge in [-0.3, -0.25) is 14.4 Å². The van der Waals surface area contributed by atoms with Crippen molar-refractivity contribution in [3.05, 3.63) is 70.8 Å². The summed E-state index contributed by atoms with van der Waals surface area (Å²) in [4.78, 5) is 69.4. The number of carbonyl (C=O) groups excluding carboxylic acids is 5. The van der Waals surface area contributed by atoms with Crippen LogP contribution in [0.25, 0.3) is 0 Å². The van der Waals surface area contributed by atoms with Gasteiger partial charge in [-0.15, -0.1) is 0 Å². The number of ether oxygens (including phenoxy) is 2. The third-order valence-corrected chi connectivity index (χ3v) is 7.51. The Morgan fingerprint density at radius 2 is 1.33 bits per heavy atom. The van der Waals surface area contributed by atoms with E-state index in [1.54, 1.807) is 67.5 Å². The van der Waals surface area contributed by atoms with E-state index < -0.39 is 71.1 Å². The lowest BCUT2D eigenvalue weighted by Gasteiger charge is -2.45. The summed E-state index contributed by atoms with van der Waals surface area (Å²) in [7, 11) is 0. The largest absolute Gasteiger partial charge is 0.458 e. The van der Waals surface area contributed by atoms with Crippen LogP contribution in [0.5, 0.6) is 0 Å². The molecule has 48 heavy (non-hydrogen) atoms. The predicted molar refractivity (Wildman–Crippen MR) is 185 cm³/mol. The Labute approximate surface area is 285 Å². The standard InChI is InChI=1S/C37H54N4O7/c1-12-37(10,11)41(32(44)27(22-29(38)42)40-34(46)48-36(7,8)9)30(26-19-23(2)18-24(3)20-26)31(43)39-28(33(45)47-35(4,5)6)21-25-16-14-13-15-17-25/h13-20,27-28,30H,12,21-22H2,1-11H3,(H2,38,42)(H,39,43)(H,40,46). The van der Waals surface area contributed by atoms with Crippen molar-refractivity contribution in [2.45, 2.75) is 130 Å². The fourth-order valence-corrected chi connectivity index (χ4v) is 5.22. The topological polar surface area (TPSA) is 157 Å². The summed E-state index contributed by atoms with van der Waals surface area (Å²) in [5.74, 6) is -2.83. The number of hydrogen-bond donors (Lipinski definition) is 3. The van der Waals surface area contributed by atoms with Gasteiger partial charge in [-0.05, 0) is 86.8 Å². The Morgan fingerprint density at radius 1 is 0.792 bits per heavy atom. The van der Waals surface area contributed by atoms with Crippen LogP contribution in [0.15, 0.2) is 48.5 Å². The van der Waals surface area contributed by atoms with Crippen molar-refractivity contribution in [2.24, 2.45) is 5.73 Å². The van der Waals surface area contributed by atoms with Crippen molar-refractivity contribution in [2.75, 3.05) is 0 Å². The molecule has 0 aromatic heterocycles. The van der Waals surface area contributed by atoms with Gasteiger partial charge >= 0.3 is 12.1 Å². The van der Waals surface area contributed by atoms with Gasteiger partial charge in [-0.25, -0.2) is 9.59 Å². The van der Waals surface area contributed by atoms with E-state index in [-0.39, 0.29) is 6.42 Å². The highest BCUT2D eigenvalue weighted by atomic mass is 16.6. The van der Waals surface area contributed by atoms with Gasteiger partial charge in [0.15, 0.2) is 0 Å². The maximum Gasteiger partial charge on any atom is 0.408 e. The minimum absolute atomic E-state index is 0.136. The number of hydrogen-bond acceptors (Lipinski definition) is 7. The minimum Gasteiger partial charge on any atom is -0.458 e. The lowest BCUT2D eigenvalue weighted by Crippen LogP contribution is -2.60. The molecule has 4 N–H and O–H groups in total. The highest BCUT2D eigenvalue weighted by Gasteiger charge is 2.44. The van der Waals surface area contributed by atoms with Crippen molar-refractivity contribution in [3.8, 4) is 0 Å². The second-order valence-electron chi connectivity index (χ2n) is 14.9. The molecule has 3 atom stereocenters. The van der Waals surface area contributed by atoms with E-state index in [1.165, 1.54) is 4.90 Å². The first-order valence-electron chi connectivity index (χ1n) is 16.3. The second kappa shape index (κ2) is 16.1. The molecular weight excluding hydrogens is 612 g/mol. The number of benzene rings is 2. The molecule has 3 unspecified atom stereocenters. The van der Waals surface area contributed by atoms with Crippen molar-refractivity contribution >= 4 is 29.8 Å². The summed E-state index contributed by atoms with van der Waals surface area (Å²) in [5, 5.41) is 5.41. The number of nitrogens with two attached hydrogens (primary N) is 1. The van der Waals surface area contributed by atoms with Crippen molar-refractivity contribution in [1.82, 2.24) is 15.5 Å². The highest BCUT2D eigenvalue weighted by molar-refractivity contribution is 5.96. The number of nitrogens with zero attached hydrogens (tertiary/aromatic N) is 1. The summed E-state index contributed by atoms with van der Waals surface area (Å²) < 4.78 is 11.1. The molecule has 0 fully saturated rings. The SMILES string of the molecule is CCC(C)(C)N(C(=O)C(CC(N)=O)NC(=O)OC(C)(C)C)C(C(=O)NC(Cc1ccccc1)C(=O)OC(C)(C)C)c1cc(C)cc(C)c1. The van der Waals surface area contributed by atoms with Gasteiger partial charge in [0.05, 0.1) is 6.42 Å². The summed E-state index contributed by atoms with van der Waals surface area (Å²) in [6.07, 6.45) is -0.930. The average molecular weight is 667 g/mol. The number of esters is 1. The van der Waals surface area contributed by atoms with E-state index >= 15 is 0 Å². The number of alkyl carbamates (subject to hydrolysis) is 1. The van der Waals surface area contributed by atoms with Crippen LogP contribution in [0.4, 0.5) is 4.79 Å². The highest BCUT2D eigenvalue weighted by Crippen LogP contribution is 2.34. The van der Waals surface area contributed by atoms with E-state index in [2.05, 4.69) is 10.6 Å². The molecule has 0 aliphatic rings. The molecule has 2 rings (SSSR count). The lowest BCUT2D eigenvalue weighted by atomic mass is 9.90. The Bertz CT molecular complexity index is 1440. The molecule has 0 radical (unpaired) electrons. The Hall–Kier alpha value is -4.41. The number of aryl methyl sites for hydroxylation is 2. The zero-order valence-corrected chi connectivity index (χ0v) is 30.4. The zero-order chi connectivity index (χ0) is 36.6. The molecule has 0 aliphatic heterocycles. The van der Waals surface area contributed by atoms with Crippen molar-refractivity contribution in [3.63, 3.8) is 0 Å². The normalized spacial score (nSPS) is 13.8. The number of carbonyl (C=O) groups is 5. The Kier molecular flexibility index (Phi) is 13.4. The smallest absolute Gasteiger partial charge is 0.408 e.